The second-order valence-corrected chi connectivity index (χ2v) is 2.41. The van der Waals surface area contributed by atoms with Gasteiger partial charge in [-0.2, -0.15) is 0 Å². The first-order valence-electron chi connectivity index (χ1n) is 3.88. The van der Waals surface area contributed by atoms with Gasteiger partial charge in [-0.25, -0.2) is 0 Å². The third kappa shape index (κ3) is 3.37. The zero-order valence-electron chi connectivity index (χ0n) is 7.62. The monoisotopic (exact) mass is 174 g/mol. The molecule has 70 valence electrons. The first kappa shape index (κ1) is 10.9. The van der Waals surface area contributed by atoms with Gasteiger partial charge in [0.15, 0.2) is 5.92 Å². The largest absolute Gasteiger partial charge is 0.468 e. The summed E-state index contributed by atoms with van der Waals surface area (Å²) in [5.41, 5.74) is 0. The molecule has 0 saturated heterocycles. The fourth-order valence-corrected chi connectivity index (χ4v) is 0.601. The zero-order chi connectivity index (χ0) is 9.56. The fraction of sp³-hybridized carbons (Fsp3) is 0.750. The molecule has 1 unspecified atom stereocenters. The molecule has 0 spiro atoms. The summed E-state index contributed by atoms with van der Waals surface area (Å²) in [5.74, 6) is -1.90. The summed E-state index contributed by atoms with van der Waals surface area (Å²) in [6, 6.07) is 0. The van der Waals surface area contributed by atoms with Crippen molar-refractivity contribution in [3.05, 3.63) is 0 Å². The standard InChI is InChI=1S/C8H14O4/c1-4-5-12-8(10)6(2)7(9)11-3/h6H,4-5H2,1-3H3. The predicted molar refractivity (Wildman–Crippen MR) is 42.4 cm³/mol. The van der Waals surface area contributed by atoms with Crippen LogP contribution in [0.25, 0.3) is 0 Å². The summed E-state index contributed by atoms with van der Waals surface area (Å²) >= 11 is 0. The van der Waals surface area contributed by atoms with Crippen LogP contribution in [0.5, 0.6) is 0 Å². The van der Waals surface area contributed by atoms with Gasteiger partial charge in [-0.3, -0.25) is 9.59 Å². The molecule has 12 heavy (non-hydrogen) atoms. The minimum Gasteiger partial charge on any atom is -0.468 e. The smallest absolute Gasteiger partial charge is 0.320 e. The van der Waals surface area contributed by atoms with Gasteiger partial charge in [0.25, 0.3) is 0 Å². The van der Waals surface area contributed by atoms with E-state index in [4.69, 9.17) is 4.74 Å². The van der Waals surface area contributed by atoms with Gasteiger partial charge in [-0.05, 0) is 13.3 Å². The van der Waals surface area contributed by atoms with E-state index in [1.807, 2.05) is 6.92 Å². The Labute approximate surface area is 71.8 Å². The highest BCUT2D eigenvalue weighted by molar-refractivity contribution is 5.94. The van der Waals surface area contributed by atoms with Crippen molar-refractivity contribution in [1.29, 1.82) is 0 Å². The Hall–Kier alpha value is -1.06. The van der Waals surface area contributed by atoms with Gasteiger partial charge in [0.1, 0.15) is 0 Å². The van der Waals surface area contributed by atoms with Crippen LogP contribution in [0, 0.1) is 5.92 Å². The molecule has 0 fully saturated rings. The molecule has 0 N–H and O–H groups in total. The second kappa shape index (κ2) is 5.57. The molecule has 0 radical (unpaired) electrons. The van der Waals surface area contributed by atoms with Crippen LogP contribution in [0.15, 0.2) is 0 Å². The van der Waals surface area contributed by atoms with Crippen molar-refractivity contribution in [2.24, 2.45) is 5.92 Å². The molecular weight excluding hydrogens is 160 g/mol. The molecule has 0 aliphatic carbocycles. The minimum atomic E-state index is -0.818. The number of hydrogen-bond acceptors (Lipinski definition) is 4. The van der Waals surface area contributed by atoms with E-state index < -0.39 is 17.9 Å². The predicted octanol–water partition coefficient (Wildman–Crippen LogP) is 0.749. The normalized spacial score (nSPS) is 11.9. The van der Waals surface area contributed by atoms with E-state index in [1.54, 1.807) is 0 Å². The first-order valence-corrected chi connectivity index (χ1v) is 3.88. The number of esters is 2. The Morgan fingerprint density at radius 3 is 2.33 bits per heavy atom. The highest BCUT2D eigenvalue weighted by Crippen LogP contribution is 2.01. The molecule has 0 aromatic carbocycles. The van der Waals surface area contributed by atoms with E-state index in [1.165, 1.54) is 14.0 Å². The summed E-state index contributed by atoms with van der Waals surface area (Å²) < 4.78 is 9.11. The molecule has 0 aromatic heterocycles. The number of carbonyl (C=O) groups excluding carboxylic acids is 2. The van der Waals surface area contributed by atoms with Crippen molar-refractivity contribution >= 4 is 11.9 Å². The lowest BCUT2D eigenvalue weighted by atomic mass is 10.2. The highest BCUT2D eigenvalue weighted by atomic mass is 16.5. The van der Waals surface area contributed by atoms with Crippen LogP contribution in [-0.4, -0.2) is 25.7 Å². The lowest BCUT2D eigenvalue weighted by molar-refractivity contribution is -0.159. The maximum atomic E-state index is 11.0. The lowest BCUT2D eigenvalue weighted by Gasteiger charge is -2.07. The number of ether oxygens (including phenoxy) is 2. The molecule has 1 atom stereocenters. The zero-order valence-corrected chi connectivity index (χ0v) is 7.62. The van der Waals surface area contributed by atoms with E-state index in [0.29, 0.717) is 6.61 Å². The Morgan fingerprint density at radius 2 is 1.92 bits per heavy atom. The summed E-state index contributed by atoms with van der Waals surface area (Å²) in [7, 11) is 1.24. The fourth-order valence-electron chi connectivity index (χ4n) is 0.601. The maximum Gasteiger partial charge on any atom is 0.320 e. The van der Waals surface area contributed by atoms with Crippen molar-refractivity contribution in [2.45, 2.75) is 20.3 Å². The summed E-state index contributed by atoms with van der Waals surface area (Å²) in [6.07, 6.45) is 0.750. The number of hydrogen-bond donors (Lipinski definition) is 0. The molecule has 0 aromatic rings. The minimum absolute atomic E-state index is 0.347. The molecule has 0 amide bonds. The van der Waals surface area contributed by atoms with E-state index in [-0.39, 0.29) is 0 Å². The van der Waals surface area contributed by atoms with Crippen LogP contribution >= 0.6 is 0 Å². The van der Waals surface area contributed by atoms with Crippen LogP contribution in [0.3, 0.4) is 0 Å². The SMILES string of the molecule is CCCOC(=O)C(C)C(=O)OC. The van der Waals surface area contributed by atoms with Crippen molar-refractivity contribution in [3.63, 3.8) is 0 Å². The average Bonchev–Trinajstić information content (AvgIpc) is 2.11. The maximum absolute atomic E-state index is 11.0. The Bertz CT molecular complexity index is 164. The quantitative estimate of drug-likeness (QED) is 0.466. The van der Waals surface area contributed by atoms with Crippen LogP contribution in [0.4, 0.5) is 0 Å². The van der Waals surface area contributed by atoms with Gasteiger partial charge < -0.3 is 9.47 Å². The third-order valence-corrected chi connectivity index (χ3v) is 1.36. The van der Waals surface area contributed by atoms with Crippen molar-refractivity contribution in [1.82, 2.24) is 0 Å². The van der Waals surface area contributed by atoms with Gasteiger partial charge >= 0.3 is 11.9 Å². The topological polar surface area (TPSA) is 52.6 Å². The van der Waals surface area contributed by atoms with Gasteiger partial charge in [0, 0.05) is 0 Å². The first-order chi connectivity index (χ1) is 5.63. The van der Waals surface area contributed by atoms with Gasteiger partial charge in [0.05, 0.1) is 13.7 Å². The van der Waals surface area contributed by atoms with E-state index in [9.17, 15) is 9.59 Å². The van der Waals surface area contributed by atoms with Gasteiger partial charge in [-0.1, -0.05) is 6.92 Å². The van der Waals surface area contributed by atoms with Gasteiger partial charge in [-0.15, -0.1) is 0 Å². The van der Waals surface area contributed by atoms with E-state index in [0.717, 1.165) is 6.42 Å². The van der Waals surface area contributed by atoms with Crippen LogP contribution in [0.1, 0.15) is 20.3 Å². The van der Waals surface area contributed by atoms with Crippen LogP contribution < -0.4 is 0 Å². The number of rotatable bonds is 4. The Morgan fingerprint density at radius 1 is 1.33 bits per heavy atom. The summed E-state index contributed by atoms with van der Waals surface area (Å²) in [4.78, 5) is 21.8. The number of carbonyl (C=O) groups is 2. The molecular formula is C8H14O4. The third-order valence-electron chi connectivity index (χ3n) is 1.36. The molecule has 0 aliphatic heterocycles. The highest BCUT2D eigenvalue weighted by Gasteiger charge is 2.23. The molecule has 4 heteroatoms. The van der Waals surface area contributed by atoms with Crippen molar-refractivity contribution < 1.29 is 19.1 Å². The molecule has 0 rings (SSSR count). The second-order valence-electron chi connectivity index (χ2n) is 2.41. The summed E-state index contributed by atoms with van der Waals surface area (Å²) in [6.45, 7) is 3.69. The number of methoxy groups -OCH3 is 1. The lowest BCUT2D eigenvalue weighted by Crippen LogP contribution is -2.24. The van der Waals surface area contributed by atoms with Gasteiger partial charge in [0.2, 0.25) is 0 Å². The average molecular weight is 174 g/mol. The molecule has 0 aliphatic rings. The van der Waals surface area contributed by atoms with Crippen LogP contribution in [0.2, 0.25) is 0 Å². The van der Waals surface area contributed by atoms with Crippen molar-refractivity contribution in [3.8, 4) is 0 Å². The van der Waals surface area contributed by atoms with Crippen LogP contribution in [-0.2, 0) is 19.1 Å². The molecule has 0 heterocycles. The summed E-state index contributed by atoms with van der Waals surface area (Å²) in [5, 5.41) is 0. The molecule has 0 saturated carbocycles. The van der Waals surface area contributed by atoms with E-state index >= 15 is 0 Å². The van der Waals surface area contributed by atoms with E-state index in [2.05, 4.69) is 4.74 Å². The molecule has 4 nitrogen and oxygen atoms in total. The molecule has 0 bridgehead atoms. The Balaban J connectivity index is 3.84. The Kier molecular flexibility index (Phi) is 5.08. The van der Waals surface area contributed by atoms with Crippen molar-refractivity contribution in [2.75, 3.05) is 13.7 Å².